The molecule has 0 bridgehead atoms. The topological polar surface area (TPSA) is 67.9 Å². The number of nitrogens with one attached hydrogen (secondary N) is 2. The van der Waals surface area contributed by atoms with Crippen LogP contribution in [0.15, 0.2) is 0 Å². The van der Waals surface area contributed by atoms with Crippen LogP contribution in [0.2, 0.25) is 0 Å². The van der Waals surface area contributed by atoms with Gasteiger partial charge in [-0.2, -0.15) is 0 Å². The SMILES string of the molecule is CCCCCCCCCCCCN(CCCCCCCCCCCC)CCCC(=O)NC1CCN(C)CCCNC(=O)CCCN(CCCCCCCCCCCC)CC1. The van der Waals surface area contributed by atoms with Crippen LogP contribution in [0.4, 0.5) is 0 Å². The van der Waals surface area contributed by atoms with Crippen LogP contribution < -0.4 is 10.6 Å². The zero-order chi connectivity index (χ0) is 43.4. The average molecular weight is 846 g/mol. The minimum atomic E-state index is 0.196. The van der Waals surface area contributed by atoms with Gasteiger partial charge < -0.3 is 25.3 Å². The van der Waals surface area contributed by atoms with Crippen LogP contribution in [-0.2, 0) is 9.59 Å². The van der Waals surface area contributed by atoms with Gasteiger partial charge in [-0.05, 0) is 104 Å². The summed E-state index contributed by atoms with van der Waals surface area (Å²) in [5.41, 5.74) is 0. The molecule has 0 aromatic heterocycles. The van der Waals surface area contributed by atoms with E-state index in [0.717, 1.165) is 77.9 Å². The van der Waals surface area contributed by atoms with E-state index in [-0.39, 0.29) is 17.9 Å². The molecule has 1 atom stereocenters. The molecule has 356 valence electrons. The Balaban J connectivity index is 2.64. The Kier molecular flexibility index (Phi) is 42.1. The van der Waals surface area contributed by atoms with Crippen LogP contribution in [0.25, 0.3) is 0 Å². The van der Waals surface area contributed by atoms with Gasteiger partial charge in [-0.3, -0.25) is 9.59 Å². The van der Waals surface area contributed by atoms with E-state index in [1.807, 2.05) is 0 Å². The zero-order valence-electron chi connectivity index (χ0n) is 41.3. The van der Waals surface area contributed by atoms with E-state index < -0.39 is 0 Å². The summed E-state index contributed by atoms with van der Waals surface area (Å²) in [5.74, 6) is 0.441. The van der Waals surface area contributed by atoms with E-state index in [0.29, 0.717) is 12.8 Å². The van der Waals surface area contributed by atoms with Gasteiger partial charge in [-0.15, -0.1) is 0 Å². The number of nitrogens with zero attached hydrogens (tertiary/aromatic N) is 3. The highest BCUT2D eigenvalue weighted by Crippen LogP contribution is 2.15. The maximum absolute atomic E-state index is 13.6. The summed E-state index contributed by atoms with van der Waals surface area (Å²) in [6.45, 7) is 16.1. The van der Waals surface area contributed by atoms with Crippen LogP contribution in [0.1, 0.15) is 258 Å². The van der Waals surface area contributed by atoms with Crippen molar-refractivity contribution < 1.29 is 9.59 Å². The van der Waals surface area contributed by atoms with Gasteiger partial charge in [0, 0.05) is 32.0 Å². The maximum Gasteiger partial charge on any atom is 0.220 e. The number of amides is 2. The van der Waals surface area contributed by atoms with Crippen molar-refractivity contribution in [1.29, 1.82) is 0 Å². The van der Waals surface area contributed by atoms with Gasteiger partial charge >= 0.3 is 0 Å². The number of hydrogen-bond acceptors (Lipinski definition) is 5. The number of hydrogen-bond donors (Lipinski definition) is 2. The van der Waals surface area contributed by atoms with Gasteiger partial charge in [-0.1, -0.05) is 194 Å². The Morgan fingerprint density at radius 3 is 1.48 bits per heavy atom. The van der Waals surface area contributed by atoms with Crippen molar-refractivity contribution in [2.24, 2.45) is 0 Å². The molecule has 1 aliphatic heterocycles. The minimum Gasteiger partial charge on any atom is -0.356 e. The van der Waals surface area contributed by atoms with E-state index >= 15 is 0 Å². The van der Waals surface area contributed by atoms with Crippen molar-refractivity contribution >= 4 is 11.8 Å². The van der Waals surface area contributed by atoms with E-state index in [2.05, 4.69) is 53.2 Å². The number of carbonyl (C=O) groups excluding carboxylic acids is 2. The van der Waals surface area contributed by atoms with Gasteiger partial charge in [0.05, 0.1) is 0 Å². The van der Waals surface area contributed by atoms with Crippen molar-refractivity contribution in [2.45, 2.75) is 264 Å². The molecule has 60 heavy (non-hydrogen) atoms. The molecule has 0 saturated carbocycles. The third-order valence-corrected chi connectivity index (χ3v) is 13.3. The van der Waals surface area contributed by atoms with Crippen molar-refractivity contribution in [3.8, 4) is 0 Å². The molecular formula is C53H107N5O2. The summed E-state index contributed by atoms with van der Waals surface area (Å²) in [6.07, 6.45) is 47.3. The third kappa shape index (κ3) is 38.5. The monoisotopic (exact) mass is 846 g/mol. The highest BCUT2D eigenvalue weighted by atomic mass is 16.2. The van der Waals surface area contributed by atoms with Crippen LogP contribution in [-0.4, -0.2) is 98.5 Å². The maximum atomic E-state index is 13.6. The first-order chi connectivity index (χ1) is 29.5. The van der Waals surface area contributed by atoms with Gasteiger partial charge in [0.2, 0.25) is 11.8 Å². The Bertz CT molecular complexity index is 894. The van der Waals surface area contributed by atoms with E-state index in [9.17, 15) is 9.59 Å². The first-order valence-electron chi connectivity index (χ1n) is 27.2. The van der Waals surface area contributed by atoms with Crippen LogP contribution in [0, 0.1) is 0 Å². The predicted octanol–water partition coefficient (Wildman–Crippen LogP) is 13.6. The summed E-state index contributed by atoms with van der Waals surface area (Å²) in [4.78, 5) is 33.8. The molecule has 1 heterocycles. The lowest BCUT2D eigenvalue weighted by Crippen LogP contribution is -2.40. The summed E-state index contributed by atoms with van der Waals surface area (Å²) in [7, 11) is 2.19. The first kappa shape index (κ1) is 56.8. The van der Waals surface area contributed by atoms with Crippen molar-refractivity contribution in [2.75, 3.05) is 66.0 Å². The van der Waals surface area contributed by atoms with Crippen LogP contribution >= 0.6 is 0 Å². The Morgan fingerprint density at radius 1 is 0.550 bits per heavy atom. The number of rotatable bonds is 38. The van der Waals surface area contributed by atoms with Crippen molar-refractivity contribution in [3.63, 3.8) is 0 Å². The largest absolute Gasteiger partial charge is 0.356 e. The predicted molar refractivity (Wildman–Crippen MR) is 263 cm³/mol. The first-order valence-corrected chi connectivity index (χ1v) is 27.2. The number of carbonyl (C=O) groups is 2. The standard InChI is InChI=1S/C53H107N5O2/c1-5-8-11-14-17-20-23-26-29-32-44-57(45-33-30-27-24-21-18-15-12-9-6-2)47-36-39-53(60)55-51-40-49-56(4)43-37-42-54-52(59)38-35-48-58(50-41-51)46-34-31-28-25-22-19-16-13-10-7-3/h51H,5-50H2,1-4H3,(H,54,59)(H,55,60). The smallest absolute Gasteiger partial charge is 0.220 e. The minimum absolute atomic E-state index is 0.196. The van der Waals surface area contributed by atoms with E-state index in [4.69, 9.17) is 0 Å². The molecule has 1 fully saturated rings. The molecule has 7 nitrogen and oxygen atoms in total. The second-order valence-corrected chi connectivity index (χ2v) is 19.3. The van der Waals surface area contributed by atoms with Crippen molar-refractivity contribution in [1.82, 2.24) is 25.3 Å². The molecule has 1 saturated heterocycles. The molecule has 0 radical (unpaired) electrons. The second-order valence-electron chi connectivity index (χ2n) is 19.3. The number of unbranched alkanes of at least 4 members (excludes halogenated alkanes) is 27. The molecule has 1 aliphatic rings. The van der Waals surface area contributed by atoms with E-state index in [1.165, 1.54) is 206 Å². The lowest BCUT2D eigenvalue weighted by Gasteiger charge is -2.27. The van der Waals surface area contributed by atoms with Gasteiger partial charge in [-0.25, -0.2) is 0 Å². The van der Waals surface area contributed by atoms with Gasteiger partial charge in [0.1, 0.15) is 0 Å². The molecule has 7 heteroatoms. The molecular weight excluding hydrogens is 739 g/mol. The summed E-state index contributed by atoms with van der Waals surface area (Å²) in [5, 5.41) is 6.69. The summed E-state index contributed by atoms with van der Waals surface area (Å²) >= 11 is 0. The molecule has 0 aromatic rings. The van der Waals surface area contributed by atoms with Gasteiger partial charge in [0.25, 0.3) is 0 Å². The zero-order valence-corrected chi connectivity index (χ0v) is 41.3. The van der Waals surface area contributed by atoms with Crippen LogP contribution in [0.5, 0.6) is 0 Å². The van der Waals surface area contributed by atoms with Crippen molar-refractivity contribution in [3.05, 3.63) is 0 Å². The molecule has 0 aromatic carbocycles. The fourth-order valence-electron chi connectivity index (χ4n) is 9.15. The Hall–Kier alpha value is -1.18. The molecule has 1 rings (SSSR count). The Labute approximate surface area is 375 Å². The third-order valence-electron chi connectivity index (χ3n) is 13.3. The normalized spacial score (nSPS) is 16.8. The molecule has 0 spiro atoms. The fraction of sp³-hybridized carbons (Fsp3) is 0.962. The highest BCUT2D eigenvalue weighted by molar-refractivity contribution is 5.76. The van der Waals surface area contributed by atoms with E-state index in [1.54, 1.807) is 0 Å². The van der Waals surface area contributed by atoms with Crippen LogP contribution in [0.3, 0.4) is 0 Å². The average Bonchev–Trinajstić information content (AvgIpc) is 3.24. The quantitative estimate of drug-likeness (QED) is 0.0606. The molecule has 2 amide bonds. The lowest BCUT2D eigenvalue weighted by molar-refractivity contribution is -0.122. The van der Waals surface area contributed by atoms with Gasteiger partial charge in [0.15, 0.2) is 0 Å². The molecule has 1 unspecified atom stereocenters. The lowest BCUT2D eigenvalue weighted by atomic mass is 10.1. The Morgan fingerprint density at radius 2 is 0.983 bits per heavy atom. The fourth-order valence-corrected chi connectivity index (χ4v) is 9.15. The summed E-state index contributed by atoms with van der Waals surface area (Å²) in [6, 6.07) is 0.203. The summed E-state index contributed by atoms with van der Waals surface area (Å²) < 4.78 is 0. The second kappa shape index (κ2) is 44.4. The highest BCUT2D eigenvalue weighted by Gasteiger charge is 2.17. The molecule has 2 N–H and O–H groups in total. The molecule has 0 aliphatic carbocycles.